The summed E-state index contributed by atoms with van der Waals surface area (Å²) in [5.74, 6) is 3.83. The number of hydrogen-bond acceptors (Lipinski definition) is 1. The Morgan fingerprint density at radius 1 is 1.00 bits per heavy atom. The summed E-state index contributed by atoms with van der Waals surface area (Å²) < 4.78 is 44.9. The van der Waals surface area contributed by atoms with Crippen LogP contribution in [-0.4, -0.2) is 5.88 Å². The van der Waals surface area contributed by atoms with Gasteiger partial charge in [0.15, 0.2) is 0 Å². The molecule has 2 rings (SSSR count). The van der Waals surface area contributed by atoms with Gasteiger partial charge in [0.05, 0.1) is 11.4 Å². The third-order valence-corrected chi connectivity index (χ3v) is 2.76. The Kier molecular flexibility index (Phi) is 5.13. The number of hydrogen-bond donors (Lipinski definition) is 0. The second-order valence-electron chi connectivity index (χ2n) is 4.10. The fraction of sp³-hybridized carbons (Fsp3) is 0.125. The van der Waals surface area contributed by atoms with E-state index in [0.29, 0.717) is 11.3 Å². The minimum absolute atomic E-state index is 0.0997. The molecular formula is C16H10ClF3O. The SMILES string of the molecule is Fc1ccc(COc2ccc(F)cc2C#CCCl)c(F)c1. The van der Waals surface area contributed by atoms with E-state index >= 15 is 0 Å². The second kappa shape index (κ2) is 7.05. The van der Waals surface area contributed by atoms with E-state index < -0.39 is 17.5 Å². The highest BCUT2D eigenvalue weighted by atomic mass is 35.5. The standard InChI is InChI=1S/C16H10ClF3O/c17-7-1-2-11-8-13(18)5-6-16(11)21-10-12-3-4-14(19)9-15(12)20/h3-6,8-9H,7,10H2. The van der Waals surface area contributed by atoms with Crippen molar-refractivity contribution in [1.82, 2.24) is 0 Å². The summed E-state index contributed by atoms with van der Waals surface area (Å²) in [6.07, 6.45) is 0. The molecule has 2 aromatic rings. The lowest BCUT2D eigenvalue weighted by atomic mass is 10.2. The van der Waals surface area contributed by atoms with E-state index in [1.165, 1.54) is 24.3 Å². The Morgan fingerprint density at radius 2 is 1.71 bits per heavy atom. The molecule has 1 nitrogen and oxygen atoms in total. The molecule has 0 radical (unpaired) electrons. The molecule has 21 heavy (non-hydrogen) atoms. The molecule has 0 aromatic heterocycles. The predicted molar refractivity (Wildman–Crippen MR) is 74.7 cm³/mol. The molecular weight excluding hydrogens is 301 g/mol. The smallest absolute Gasteiger partial charge is 0.135 e. The third kappa shape index (κ3) is 4.17. The number of benzene rings is 2. The Balaban J connectivity index is 2.19. The lowest BCUT2D eigenvalue weighted by Crippen LogP contribution is -2.00. The summed E-state index contributed by atoms with van der Waals surface area (Å²) in [6, 6.07) is 7.02. The first kappa shape index (κ1) is 15.3. The van der Waals surface area contributed by atoms with Crippen molar-refractivity contribution in [3.8, 4) is 17.6 Å². The van der Waals surface area contributed by atoms with Crippen LogP contribution in [0.1, 0.15) is 11.1 Å². The van der Waals surface area contributed by atoms with Gasteiger partial charge in [0.25, 0.3) is 0 Å². The summed E-state index contributed by atoms with van der Waals surface area (Å²) in [5.41, 5.74) is 0.509. The Hall–Kier alpha value is -2.12. The Labute approximate surface area is 125 Å². The van der Waals surface area contributed by atoms with Crippen LogP contribution in [0, 0.1) is 29.3 Å². The number of halogens is 4. The van der Waals surface area contributed by atoms with Crippen molar-refractivity contribution in [2.24, 2.45) is 0 Å². The van der Waals surface area contributed by atoms with E-state index in [2.05, 4.69) is 11.8 Å². The van der Waals surface area contributed by atoms with Gasteiger partial charge in [-0.25, -0.2) is 13.2 Å². The van der Waals surface area contributed by atoms with Gasteiger partial charge < -0.3 is 4.74 Å². The summed E-state index contributed by atoms with van der Waals surface area (Å²) >= 11 is 5.46. The van der Waals surface area contributed by atoms with Crippen LogP contribution >= 0.6 is 11.6 Å². The van der Waals surface area contributed by atoms with Gasteiger partial charge in [0.2, 0.25) is 0 Å². The zero-order chi connectivity index (χ0) is 15.2. The van der Waals surface area contributed by atoms with Gasteiger partial charge in [0.1, 0.15) is 29.8 Å². The summed E-state index contributed by atoms with van der Waals surface area (Å²) in [7, 11) is 0. The molecule has 0 unspecified atom stereocenters. The quantitative estimate of drug-likeness (QED) is 0.607. The van der Waals surface area contributed by atoms with Gasteiger partial charge in [-0.2, -0.15) is 0 Å². The predicted octanol–water partition coefficient (Wildman–Crippen LogP) is 4.27. The average molecular weight is 311 g/mol. The van der Waals surface area contributed by atoms with Gasteiger partial charge in [-0.15, -0.1) is 11.6 Å². The van der Waals surface area contributed by atoms with Crippen LogP contribution in [0.3, 0.4) is 0 Å². The first-order chi connectivity index (χ1) is 10.1. The van der Waals surface area contributed by atoms with E-state index in [4.69, 9.17) is 16.3 Å². The normalized spacial score (nSPS) is 9.90. The van der Waals surface area contributed by atoms with Crippen molar-refractivity contribution < 1.29 is 17.9 Å². The molecule has 0 spiro atoms. The molecule has 0 amide bonds. The number of ether oxygens (including phenoxy) is 1. The minimum Gasteiger partial charge on any atom is -0.487 e. The maximum absolute atomic E-state index is 13.5. The molecule has 0 aliphatic heterocycles. The molecule has 0 saturated heterocycles. The highest BCUT2D eigenvalue weighted by molar-refractivity contribution is 6.19. The van der Waals surface area contributed by atoms with Crippen LogP contribution in [0.15, 0.2) is 36.4 Å². The van der Waals surface area contributed by atoms with Crippen LogP contribution in [0.4, 0.5) is 13.2 Å². The fourth-order valence-electron chi connectivity index (χ4n) is 1.65. The minimum atomic E-state index is -0.703. The largest absolute Gasteiger partial charge is 0.487 e. The van der Waals surface area contributed by atoms with Crippen LogP contribution in [-0.2, 0) is 6.61 Å². The lowest BCUT2D eigenvalue weighted by Gasteiger charge is -2.09. The molecule has 0 aliphatic carbocycles. The molecule has 108 valence electrons. The summed E-state index contributed by atoms with van der Waals surface area (Å²) in [4.78, 5) is 0. The van der Waals surface area contributed by atoms with Gasteiger partial charge >= 0.3 is 0 Å². The molecule has 0 saturated carbocycles. The van der Waals surface area contributed by atoms with Crippen LogP contribution in [0.5, 0.6) is 5.75 Å². The van der Waals surface area contributed by atoms with Crippen molar-refractivity contribution >= 4 is 11.6 Å². The molecule has 2 aromatic carbocycles. The Bertz CT molecular complexity index is 704. The highest BCUT2D eigenvalue weighted by Crippen LogP contribution is 2.21. The third-order valence-electron chi connectivity index (χ3n) is 2.63. The topological polar surface area (TPSA) is 9.23 Å². The summed E-state index contributed by atoms with van der Waals surface area (Å²) in [5, 5.41) is 0. The highest BCUT2D eigenvalue weighted by Gasteiger charge is 2.07. The second-order valence-corrected chi connectivity index (χ2v) is 4.37. The van der Waals surface area contributed by atoms with Crippen LogP contribution in [0.2, 0.25) is 0 Å². The lowest BCUT2D eigenvalue weighted by molar-refractivity contribution is 0.298. The molecule has 0 heterocycles. The van der Waals surface area contributed by atoms with Crippen molar-refractivity contribution in [2.75, 3.05) is 5.88 Å². The van der Waals surface area contributed by atoms with E-state index in [0.717, 1.165) is 12.1 Å². The van der Waals surface area contributed by atoms with E-state index in [-0.39, 0.29) is 18.1 Å². The first-order valence-electron chi connectivity index (χ1n) is 6.01. The van der Waals surface area contributed by atoms with Crippen molar-refractivity contribution in [3.63, 3.8) is 0 Å². The Morgan fingerprint density at radius 3 is 2.43 bits per heavy atom. The van der Waals surface area contributed by atoms with E-state index in [1.54, 1.807) is 0 Å². The molecule has 0 fully saturated rings. The van der Waals surface area contributed by atoms with Crippen LogP contribution in [0.25, 0.3) is 0 Å². The van der Waals surface area contributed by atoms with Gasteiger partial charge in [-0.3, -0.25) is 0 Å². The number of rotatable bonds is 3. The van der Waals surface area contributed by atoms with E-state index in [9.17, 15) is 13.2 Å². The van der Waals surface area contributed by atoms with Crippen molar-refractivity contribution in [3.05, 3.63) is 65.0 Å². The van der Waals surface area contributed by atoms with Crippen molar-refractivity contribution in [2.45, 2.75) is 6.61 Å². The molecule has 0 N–H and O–H groups in total. The summed E-state index contributed by atoms with van der Waals surface area (Å²) in [6.45, 7) is -0.118. The maximum Gasteiger partial charge on any atom is 0.135 e. The number of alkyl halides is 1. The first-order valence-corrected chi connectivity index (χ1v) is 6.54. The molecule has 0 aliphatic rings. The molecule has 0 atom stereocenters. The van der Waals surface area contributed by atoms with Gasteiger partial charge in [-0.05, 0) is 30.3 Å². The zero-order valence-electron chi connectivity index (χ0n) is 10.8. The zero-order valence-corrected chi connectivity index (χ0v) is 11.6. The molecule has 0 bridgehead atoms. The fourth-order valence-corrected chi connectivity index (χ4v) is 1.72. The monoisotopic (exact) mass is 310 g/mol. The van der Waals surface area contributed by atoms with E-state index in [1.807, 2.05) is 0 Å². The van der Waals surface area contributed by atoms with Crippen LogP contribution < -0.4 is 4.74 Å². The average Bonchev–Trinajstić information content (AvgIpc) is 2.45. The maximum atomic E-state index is 13.5. The molecule has 5 heteroatoms. The van der Waals surface area contributed by atoms with Gasteiger partial charge in [-0.1, -0.05) is 11.8 Å². The van der Waals surface area contributed by atoms with Crippen molar-refractivity contribution in [1.29, 1.82) is 0 Å². The van der Waals surface area contributed by atoms with Gasteiger partial charge in [0, 0.05) is 11.6 Å².